The van der Waals surface area contributed by atoms with Crippen molar-refractivity contribution < 1.29 is 0 Å². The van der Waals surface area contributed by atoms with Gasteiger partial charge in [0, 0.05) is 43.3 Å². The van der Waals surface area contributed by atoms with Crippen LogP contribution < -0.4 is 5.73 Å². The van der Waals surface area contributed by atoms with E-state index in [2.05, 4.69) is 53.2 Å². The average molecular weight is 240 g/mol. The van der Waals surface area contributed by atoms with Crippen LogP contribution >= 0.6 is 0 Å². The minimum atomic E-state index is 0.471. The van der Waals surface area contributed by atoms with E-state index in [-0.39, 0.29) is 0 Å². The molecule has 0 spiro atoms. The van der Waals surface area contributed by atoms with Crippen molar-refractivity contribution in [3.8, 4) is 11.3 Å². The van der Waals surface area contributed by atoms with Crippen LogP contribution in [-0.4, -0.2) is 14.3 Å². The van der Waals surface area contributed by atoms with Crippen LogP contribution in [-0.2, 0) is 20.6 Å². The lowest BCUT2D eigenvalue weighted by atomic mass is 10.1. The molecule has 0 unspecified atom stereocenters. The molecule has 1 aromatic carbocycles. The number of benzene rings is 1. The van der Waals surface area contributed by atoms with Crippen LogP contribution in [0.1, 0.15) is 5.69 Å². The molecule has 0 atom stereocenters. The standard InChI is InChI=1S/C14H16N4/c1-17-9-12(11-5-3-4-6-13(11)17)14-7-10(8-15)16-18(14)2/h3-7,9H,8,15H2,1-2H3. The molecule has 0 aliphatic carbocycles. The van der Waals surface area contributed by atoms with Crippen molar-refractivity contribution in [2.75, 3.05) is 0 Å². The Morgan fingerprint density at radius 3 is 2.72 bits per heavy atom. The normalized spacial score (nSPS) is 11.3. The number of nitrogens with zero attached hydrogens (tertiary/aromatic N) is 3. The zero-order valence-corrected chi connectivity index (χ0v) is 10.6. The number of fused-ring (bicyclic) bond motifs is 1. The Labute approximate surface area is 106 Å². The molecule has 0 radical (unpaired) electrons. The van der Waals surface area contributed by atoms with Gasteiger partial charge in [-0.2, -0.15) is 5.10 Å². The third-order valence-corrected chi connectivity index (χ3v) is 3.31. The monoisotopic (exact) mass is 240 g/mol. The Morgan fingerprint density at radius 2 is 2.00 bits per heavy atom. The van der Waals surface area contributed by atoms with Gasteiger partial charge in [-0.25, -0.2) is 0 Å². The summed E-state index contributed by atoms with van der Waals surface area (Å²) in [5.41, 5.74) is 10.1. The van der Waals surface area contributed by atoms with E-state index in [4.69, 9.17) is 5.73 Å². The molecule has 3 aromatic rings. The highest BCUT2D eigenvalue weighted by molar-refractivity contribution is 5.95. The van der Waals surface area contributed by atoms with Crippen molar-refractivity contribution in [1.29, 1.82) is 0 Å². The van der Waals surface area contributed by atoms with Crippen LogP contribution in [0.15, 0.2) is 36.5 Å². The van der Waals surface area contributed by atoms with Gasteiger partial charge in [0.2, 0.25) is 0 Å². The van der Waals surface area contributed by atoms with Crippen molar-refractivity contribution in [2.45, 2.75) is 6.54 Å². The lowest BCUT2D eigenvalue weighted by molar-refractivity contribution is 0.749. The SMILES string of the molecule is Cn1nc(CN)cc1-c1cn(C)c2ccccc12. The van der Waals surface area contributed by atoms with E-state index in [1.807, 2.05) is 11.7 Å². The summed E-state index contributed by atoms with van der Waals surface area (Å²) in [6.45, 7) is 0.471. The quantitative estimate of drug-likeness (QED) is 0.745. The van der Waals surface area contributed by atoms with Crippen LogP contribution in [0, 0.1) is 0 Å². The molecule has 0 bridgehead atoms. The average Bonchev–Trinajstić information content (AvgIpc) is 2.91. The molecule has 0 fully saturated rings. The number of hydrogen-bond donors (Lipinski definition) is 1. The fourth-order valence-electron chi connectivity index (χ4n) is 2.42. The molecule has 2 N–H and O–H groups in total. The Kier molecular flexibility index (Phi) is 2.45. The van der Waals surface area contributed by atoms with E-state index in [1.54, 1.807) is 0 Å². The highest BCUT2D eigenvalue weighted by Gasteiger charge is 2.12. The predicted molar refractivity (Wildman–Crippen MR) is 73.0 cm³/mol. The minimum absolute atomic E-state index is 0.471. The van der Waals surface area contributed by atoms with E-state index >= 15 is 0 Å². The highest BCUT2D eigenvalue weighted by atomic mass is 15.3. The summed E-state index contributed by atoms with van der Waals surface area (Å²) in [4.78, 5) is 0. The van der Waals surface area contributed by atoms with Crippen LogP contribution in [0.2, 0.25) is 0 Å². The van der Waals surface area contributed by atoms with E-state index in [1.165, 1.54) is 16.5 Å². The summed E-state index contributed by atoms with van der Waals surface area (Å²) in [7, 11) is 4.02. The Morgan fingerprint density at radius 1 is 1.22 bits per heavy atom. The number of para-hydroxylation sites is 1. The third-order valence-electron chi connectivity index (χ3n) is 3.31. The second-order valence-electron chi connectivity index (χ2n) is 4.52. The van der Waals surface area contributed by atoms with E-state index in [0.717, 1.165) is 11.4 Å². The van der Waals surface area contributed by atoms with Gasteiger partial charge in [0.1, 0.15) is 0 Å². The van der Waals surface area contributed by atoms with Gasteiger partial charge in [-0.3, -0.25) is 4.68 Å². The van der Waals surface area contributed by atoms with Gasteiger partial charge in [-0.15, -0.1) is 0 Å². The summed E-state index contributed by atoms with van der Waals surface area (Å²) >= 11 is 0. The van der Waals surface area contributed by atoms with Gasteiger partial charge in [0.05, 0.1) is 11.4 Å². The lowest BCUT2D eigenvalue weighted by Gasteiger charge is -1.99. The molecule has 0 saturated heterocycles. The zero-order valence-electron chi connectivity index (χ0n) is 10.6. The van der Waals surface area contributed by atoms with Gasteiger partial charge in [-0.1, -0.05) is 18.2 Å². The molecule has 2 heterocycles. The molecule has 4 nitrogen and oxygen atoms in total. The summed E-state index contributed by atoms with van der Waals surface area (Å²) in [6, 6.07) is 10.4. The smallest absolute Gasteiger partial charge is 0.0766 e. The molecular weight excluding hydrogens is 224 g/mol. The summed E-state index contributed by atoms with van der Waals surface area (Å²) in [5, 5.41) is 5.65. The molecule has 2 aromatic heterocycles. The Hall–Kier alpha value is -2.07. The van der Waals surface area contributed by atoms with Crippen LogP contribution in [0.5, 0.6) is 0 Å². The lowest BCUT2D eigenvalue weighted by Crippen LogP contribution is -1.98. The van der Waals surface area contributed by atoms with E-state index < -0.39 is 0 Å². The Bertz CT molecular complexity index is 706. The minimum Gasteiger partial charge on any atom is -0.350 e. The number of nitrogens with two attached hydrogens (primary N) is 1. The van der Waals surface area contributed by atoms with E-state index in [9.17, 15) is 0 Å². The first-order valence-corrected chi connectivity index (χ1v) is 5.98. The van der Waals surface area contributed by atoms with Crippen LogP contribution in [0.25, 0.3) is 22.2 Å². The van der Waals surface area contributed by atoms with Gasteiger partial charge in [0.15, 0.2) is 0 Å². The molecule has 3 rings (SSSR count). The second-order valence-corrected chi connectivity index (χ2v) is 4.52. The topological polar surface area (TPSA) is 48.8 Å². The van der Waals surface area contributed by atoms with Gasteiger partial charge in [-0.05, 0) is 12.1 Å². The first kappa shape index (κ1) is 11.0. The number of aryl methyl sites for hydroxylation is 2. The van der Waals surface area contributed by atoms with Crippen molar-refractivity contribution in [3.63, 3.8) is 0 Å². The van der Waals surface area contributed by atoms with Crippen LogP contribution in [0.3, 0.4) is 0 Å². The molecule has 92 valence electrons. The molecule has 0 aliphatic heterocycles. The number of aromatic nitrogens is 3. The van der Waals surface area contributed by atoms with Crippen molar-refractivity contribution in [3.05, 3.63) is 42.2 Å². The summed E-state index contributed by atoms with van der Waals surface area (Å²) < 4.78 is 4.03. The Balaban J connectivity index is 2.28. The van der Waals surface area contributed by atoms with E-state index in [0.29, 0.717) is 6.54 Å². The van der Waals surface area contributed by atoms with Gasteiger partial charge in [0.25, 0.3) is 0 Å². The zero-order chi connectivity index (χ0) is 12.7. The second kappa shape index (κ2) is 3.99. The van der Waals surface area contributed by atoms with Crippen molar-refractivity contribution in [2.24, 2.45) is 19.8 Å². The number of rotatable bonds is 2. The molecule has 0 aliphatic rings. The molecular formula is C14H16N4. The first-order chi connectivity index (χ1) is 8.70. The molecule has 0 amide bonds. The predicted octanol–water partition coefficient (Wildman–Crippen LogP) is 2.04. The maximum absolute atomic E-state index is 5.65. The van der Waals surface area contributed by atoms with Crippen LogP contribution in [0.4, 0.5) is 0 Å². The van der Waals surface area contributed by atoms with Crippen molar-refractivity contribution in [1.82, 2.24) is 14.3 Å². The fourth-order valence-corrected chi connectivity index (χ4v) is 2.42. The molecule has 0 saturated carbocycles. The van der Waals surface area contributed by atoms with Gasteiger partial charge < -0.3 is 10.3 Å². The third kappa shape index (κ3) is 1.54. The number of hydrogen-bond acceptors (Lipinski definition) is 2. The van der Waals surface area contributed by atoms with Crippen molar-refractivity contribution >= 4 is 10.9 Å². The maximum Gasteiger partial charge on any atom is 0.0766 e. The largest absolute Gasteiger partial charge is 0.350 e. The first-order valence-electron chi connectivity index (χ1n) is 5.98. The maximum atomic E-state index is 5.65. The molecule has 18 heavy (non-hydrogen) atoms. The van der Waals surface area contributed by atoms with Gasteiger partial charge >= 0.3 is 0 Å². The highest BCUT2D eigenvalue weighted by Crippen LogP contribution is 2.30. The summed E-state index contributed by atoms with van der Waals surface area (Å²) in [5.74, 6) is 0. The molecule has 4 heteroatoms. The summed E-state index contributed by atoms with van der Waals surface area (Å²) in [6.07, 6.45) is 2.14. The fraction of sp³-hybridized carbons (Fsp3) is 0.214.